The van der Waals surface area contributed by atoms with Crippen molar-refractivity contribution in [2.24, 2.45) is 0 Å². The van der Waals surface area contributed by atoms with Crippen LogP contribution in [0.15, 0.2) is 18.3 Å². The van der Waals surface area contributed by atoms with Crippen molar-refractivity contribution in [1.82, 2.24) is 4.98 Å². The standard InChI is InChI=1S/C5H5INP/c6-4-1-2-7-5(8)3-4/h1-3H,8H2. The largest absolute Gasteiger partial charge is 0.257 e. The minimum atomic E-state index is 0.997. The molecule has 42 valence electrons. The Hall–Kier alpha value is 0.310. The number of rotatable bonds is 0. The van der Waals surface area contributed by atoms with Gasteiger partial charge < -0.3 is 0 Å². The topological polar surface area (TPSA) is 12.9 Å². The first-order valence-electron chi connectivity index (χ1n) is 2.16. The summed E-state index contributed by atoms with van der Waals surface area (Å²) in [5.74, 6) is 0. The van der Waals surface area contributed by atoms with Gasteiger partial charge in [0.05, 0.1) is 5.44 Å². The summed E-state index contributed by atoms with van der Waals surface area (Å²) in [5, 5.41) is 0. The highest BCUT2D eigenvalue weighted by atomic mass is 127. The van der Waals surface area contributed by atoms with Crippen LogP contribution in [-0.2, 0) is 0 Å². The molecule has 0 fully saturated rings. The molecule has 0 radical (unpaired) electrons. The Labute approximate surface area is 64.2 Å². The van der Waals surface area contributed by atoms with E-state index < -0.39 is 0 Å². The normalized spacial score (nSPS) is 9.25. The summed E-state index contributed by atoms with van der Waals surface area (Å²) in [7, 11) is 2.55. The van der Waals surface area contributed by atoms with Gasteiger partial charge in [-0.1, -0.05) is 9.24 Å². The molecule has 0 aliphatic carbocycles. The van der Waals surface area contributed by atoms with Crippen LogP contribution in [0.4, 0.5) is 0 Å². The molecule has 0 aromatic carbocycles. The van der Waals surface area contributed by atoms with Crippen molar-refractivity contribution in [3.8, 4) is 0 Å². The van der Waals surface area contributed by atoms with E-state index in [4.69, 9.17) is 0 Å². The van der Waals surface area contributed by atoms with E-state index >= 15 is 0 Å². The number of hydrogen-bond donors (Lipinski definition) is 0. The average molecular weight is 237 g/mol. The van der Waals surface area contributed by atoms with Crippen LogP contribution in [0.1, 0.15) is 0 Å². The van der Waals surface area contributed by atoms with Crippen LogP contribution in [-0.4, -0.2) is 4.98 Å². The van der Waals surface area contributed by atoms with Gasteiger partial charge in [-0.25, -0.2) is 0 Å². The van der Waals surface area contributed by atoms with E-state index in [9.17, 15) is 0 Å². The van der Waals surface area contributed by atoms with Crippen LogP contribution >= 0.6 is 31.8 Å². The van der Waals surface area contributed by atoms with Crippen LogP contribution in [0, 0.1) is 3.57 Å². The van der Waals surface area contributed by atoms with E-state index in [1.165, 1.54) is 3.57 Å². The minimum absolute atomic E-state index is 0.997. The molecule has 0 bridgehead atoms. The van der Waals surface area contributed by atoms with Gasteiger partial charge >= 0.3 is 0 Å². The van der Waals surface area contributed by atoms with Gasteiger partial charge in [-0.05, 0) is 34.7 Å². The summed E-state index contributed by atoms with van der Waals surface area (Å²) >= 11 is 2.25. The van der Waals surface area contributed by atoms with Crippen LogP contribution in [0.3, 0.4) is 0 Å². The maximum Gasteiger partial charge on any atom is 0.0579 e. The fraction of sp³-hybridized carbons (Fsp3) is 0. The summed E-state index contributed by atoms with van der Waals surface area (Å²) in [4.78, 5) is 4.00. The second kappa shape index (κ2) is 2.74. The zero-order valence-electron chi connectivity index (χ0n) is 4.13. The highest BCUT2D eigenvalue weighted by molar-refractivity contribution is 14.1. The van der Waals surface area contributed by atoms with Gasteiger partial charge in [-0.3, -0.25) is 4.98 Å². The Kier molecular flexibility index (Phi) is 2.20. The van der Waals surface area contributed by atoms with E-state index in [1.807, 2.05) is 12.1 Å². The lowest BCUT2D eigenvalue weighted by Gasteiger charge is -1.88. The Morgan fingerprint density at radius 3 is 2.75 bits per heavy atom. The van der Waals surface area contributed by atoms with Gasteiger partial charge in [-0.15, -0.1) is 0 Å². The molecule has 8 heavy (non-hydrogen) atoms. The predicted molar refractivity (Wildman–Crippen MR) is 46.3 cm³/mol. The molecule has 3 heteroatoms. The van der Waals surface area contributed by atoms with Crippen LogP contribution in [0.25, 0.3) is 0 Å². The molecule has 1 rings (SSSR count). The van der Waals surface area contributed by atoms with Crippen LogP contribution in [0.5, 0.6) is 0 Å². The molecule has 1 heterocycles. The first-order chi connectivity index (χ1) is 3.79. The SMILES string of the molecule is Pc1cc(I)ccn1. The van der Waals surface area contributed by atoms with E-state index in [-0.39, 0.29) is 0 Å². The first-order valence-corrected chi connectivity index (χ1v) is 3.81. The summed E-state index contributed by atoms with van der Waals surface area (Å²) in [6.45, 7) is 0. The minimum Gasteiger partial charge on any atom is -0.257 e. The molecule has 0 N–H and O–H groups in total. The Morgan fingerprint density at radius 1 is 1.62 bits per heavy atom. The van der Waals surface area contributed by atoms with Crippen LogP contribution in [0.2, 0.25) is 0 Å². The average Bonchev–Trinajstić information content (AvgIpc) is 1.64. The molecule has 0 aliphatic rings. The summed E-state index contributed by atoms with van der Waals surface area (Å²) in [6, 6.07) is 3.97. The fourth-order valence-electron chi connectivity index (χ4n) is 0.421. The van der Waals surface area contributed by atoms with Gasteiger partial charge in [0, 0.05) is 9.77 Å². The van der Waals surface area contributed by atoms with E-state index in [1.54, 1.807) is 6.20 Å². The van der Waals surface area contributed by atoms with Crippen molar-refractivity contribution in [2.75, 3.05) is 0 Å². The molecule has 0 spiro atoms. The van der Waals surface area contributed by atoms with E-state index in [0.29, 0.717) is 0 Å². The number of halogens is 1. The van der Waals surface area contributed by atoms with Crippen molar-refractivity contribution in [3.05, 3.63) is 21.9 Å². The zero-order chi connectivity index (χ0) is 5.98. The lowest BCUT2D eigenvalue weighted by molar-refractivity contribution is 1.38. The van der Waals surface area contributed by atoms with Gasteiger partial charge in [0.25, 0.3) is 0 Å². The van der Waals surface area contributed by atoms with Crippen molar-refractivity contribution in [2.45, 2.75) is 0 Å². The highest BCUT2D eigenvalue weighted by Crippen LogP contribution is 1.99. The van der Waals surface area contributed by atoms with Crippen molar-refractivity contribution >= 4 is 37.3 Å². The second-order valence-corrected chi connectivity index (χ2v) is 3.24. The monoisotopic (exact) mass is 237 g/mol. The van der Waals surface area contributed by atoms with Gasteiger partial charge in [0.1, 0.15) is 0 Å². The summed E-state index contributed by atoms with van der Waals surface area (Å²) in [5.41, 5.74) is 0.997. The third-order valence-corrected chi connectivity index (χ3v) is 1.73. The summed E-state index contributed by atoms with van der Waals surface area (Å²) in [6.07, 6.45) is 1.80. The molecule has 1 atom stereocenters. The third-order valence-electron chi connectivity index (χ3n) is 0.743. The number of nitrogens with zero attached hydrogens (tertiary/aromatic N) is 1. The van der Waals surface area contributed by atoms with Gasteiger partial charge in [0.2, 0.25) is 0 Å². The molecule has 0 amide bonds. The molecular weight excluding hydrogens is 232 g/mol. The van der Waals surface area contributed by atoms with Crippen molar-refractivity contribution < 1.29 is 0 Å². The first kappa shape index (κ1) is 6.43. The molecule has 1 aromatic rings. The molecule has 1 aromatic heterocycles. The quantitative estimate of drug-likeness (QED) is 0.487. The third kappa shape index (κ3) is 1.67. The van der Waals surface area contributed by atoms with Gasteiger partial charge in [-0.2, -0.15) is 0 Å². The lowest BCUT2D eigenvalue weighted by atomic mass is 10.5. The Morgan fingerprint density at radius 2 is 2.38 bits per heavy atom. The molecule has 0 aliphatic heterocycles. The van der Waals surface area contributed by atoms with Crippen molar-refractivity contribution in [1.29, 1.82) is 0 Å². The number of hydrogen-bond acceptors (Lipinski definition) is 1. The molecule has 1 nitrogen and oxygen atoms in total. The van der Waals surface area contributed by atoms with E-state index in [2.05, 4.69) is 36.8 Å². The fourth-order valence-corrected chi connectivity index (χ4v) is 1.51. The smallest absolute Gasteiger partial charge is 0.0579 e. The predicted octanol–water partition coefficient (Wildman–Crippen LogP) is 1.19. The van der Waals surface area contributed by atoms with Crippen LogP contribution < -0.4 is 5.44 Å². The number of aromatic nitrogens is 1. The van der Waals surface area contributed by atoms with E-state index in [0.717, 1.165) is 5.44 Å². The maximum absolute atomic E-state index is 4.00. The second-order valence-electron chi connectivity index (χ2n) is 1.40. The maximum atomic E-state index is 4.00. The van der Waals surface area contributed by atoms with Crippen molar-refractivity contribution in [3.63, 3.8) is 0 Å². The molecular formula is C5H5INP. The molecule has 1 unspecified atom stereocenters. The van der Waals surface area contributed by atoms with Gasteiger partial charge in [0.15, 0.2) is 0 Å². The molecule has 0 saturated carbocycles. The Balaban J connectivity index is 3.08. The Bertz CT molecular complexity index is 172. The number of pyridine rings is 1. The lowest BCUT2D eigenvalue weighted by Crippen LogP contribution is -1.94. The molecule has 0 saturated heterocycles. The zero-order valence-corrected chi connectivity index (χ0v) is 7.45. The summed E-state index contributed by atoms with van der Waals surface area (Å²) < 4.78 is 1.22. The highest BCUT2D eigenvalue weighted by Gasteiger charge is 1.83.